The van der Waals surface area contributed by atoms with Crippen molar-refractivity contribution in [3.05, 3.63) is 104 Å². The first-order chi connectivity index (χ1) is 28.0. The number of halogens is 4. The van der Waals surface area contributed by atoms with Crippen LogP contribution < -0.4 is 5.56 Å². The average Bonchev–Trinajstić information content (AvgIpc) is 3.63. The molecule has 2 aromatic rings. The molecule has 3 aliphatic rings. The molecule has 0 fully saturated rings. The highest BCUT2D eigenvalue weighted by atomic mass is 32.2. The molecule has 11 heteroatoms. The summed E-state index contributed by atoms with van der Waals surface area (Å²) in [5, 5.41) is -0.212. The summed E-state index contributed by atoms with van der Waals surface area (Å²) in [6.45, 7) is -3.59. The molecule has 0 aliphatic heterocycles. The smallest absolute Gasteiger partial charge is 0.336 e. The van der Waals surface area contributed by atoms with E-state index in [1.54, 1.807) is 0 Å². The SMILES string of the molecule is [2H]C1=C(CN(CCN(C([2H])([2H])C)C([2H])([2H])C)C(=O)Cn2c(SC([2H])([2H])c3ccc(F)cc3)nc(=O)c3c2CCC3)C([2H])C([2H])C(C2=C([2H])C([2H])=C(C(F)(F)F)C(C)C2[2H])=C1[2H]. The summed E-state index contributed by atoms with van der Waals surface area (Å²) in [6, 6.07) is 0.669. The monoisotopic (exact) mass is 697 g/mol. The molecule has 0 saturated carbocycles. The lowest BCUT2D eigenvalue weighted by Gasteiger charge is -2.30. The molecule has 0 N–H and O–H groups in total. The molecule has 1 aromatic heterocycles. The Morgan fingerprint density at radius 1 is 1.08 bits per heavy atom. The first-order valence-corrected chi connectivity index (χ1v) is 16.1. The summed E-state index contributed by atoms with van der Waals surface area (Å²) in [4.78, 5) is 33.7. The summed E-state index contributed by atoms with van der Waals surface area (Å²) in [5.74, 6) is -3.13. The molecule has 0 spiro atoms. The third kappa shape index (κ3) is 8.77. The molecule has 1 aromatic carbocycles. The van der Waals surface area contributed by atoms with Crippen LogP contribution in [0.2, 0.25) is 0 Å². The molecule has 0 saturated heterocycles. The number of hydrogen-bond acceptors (Lipinski definition) is 5. The van der Waals surface area contributed by atoms with E-state index in [2.05, 4.69) is 4.98 Å². The molecule has 4 atom stereocenters. The minimum Gasteiger partial charge on any atom is -0.336 e. The minimum absolute atomic E-state index is 0.0247. The van der Waals surface area contributed by atoms with E-state index in [-0.39, 0.29) is 16.3 Å². The van der Waals surface area contributed by atoms with Crippen LogP contribution in [0.4, 0.5) is 17.6 Å². The highest BCUT2D eigenvalue weighted by Gasteiger charge is 2.38. The largest absolute Gasteiger partial charge is 0.412 e. The molecule has 0 radical (unpaired) electrons. The van der Waals surface area contributed by atoms with Crippen molar-refractivity contribution in [2.45, 2.75) is 82.8 Å². The molecule has 258 valence electrons. The number of carbonyl (C=O) groups is 1. The van der Waals surface area contributed by atoms with Gasteiger partial charge in [-0.2, -0.15) is 18.2 Å². The first kappa shape index (κ1) is 22.3. The number of rotatable bonds is 13. The number of thioether (sulfide) groups is 1. The third-order valence-corrected chi connectivity index (χ3v) is 8.89. The lowest BCUT2D eigenvalue weighted by molar-refractivity contribution is -0.131. The fourth-order valence-electron chi connectivity index (χ4n) is 5.51. The van der Waals surface area contributed by atoms with Crippen LogP contribution in [0.25, 0.3) is 0 Å². The van der Waals surface area contributed by atoms with E-state index in [1.807, 2.05) is 0 Å². The Morgan fingerprint density at radius 3 is 2.52 bits per heavy atom. The number of alkyl halides is 3. The molecule has 4 unspecified atom stereocenters. The lowest BCUT2D eigenvalue weighted by Crippen LogP contribution is -2.42. The predicted molar refractivity (Wildman–Crippen MR) is 182 cm³/mol. The number of hydrogen-bond donors (Lipinski definition) is 0. The molecule has 48 heavy (non-hydrogen) atoms. The minimum atomic E-state index is -5.05. The van der Waals surface area contributed by atoms with Crippen molar-refractivity contribution >= 4 is 17.7 Å². The van der Waals surface area contributed by atoms with E-state index in [1.165, 1.54) is 16.7 Å². The van der Waals surface area contributed by atoms with Gasteiger partial charge in [0, 0.05) is 54.5 Å². The van der Waals surface area contributed by atoms with Gasteiger partial charge in [0.05, 0.1) is 5.48 Å². The van der Waals surface area contributed by atoms with Gasteiger partial charge in [-0.25, -0.2) is 4.39 Å². The Balaban J connectivity index is 1.61. The van der Waals surface area contributed by atoms with Crippen LogP contribution in [-0.2, 0) is 29.9 Å². The lowest BCUT2D eigenvalue weighted by atomic mass is 9.82. The number of likely N-dealkylation sites (N-methyl/N-ethyl adjacent to an activating group) is 1. The van der Waals surface area contributed by atoms with Gasteiger partial charge >= 0.3 is 6.18 Å². The zero-order valence-corrected chi connectivity index (χ0v) is 27.4. The second kappa shape index (κ2) is 15.8. The second-order valence-corrected chi connectivity index (χ2v) is 12.0. The second-order valence-electron chi connectivity index (χ2n) is 11.2. The number of fused-ring (bicyclic) bond motifs is 1. The maximum absolute atomic E-state index is 14.6. The number of allylic oxidation sites excluding steroid dienone is 7. The van der Waals surface area contributed by atoms with Crippen molar-refractivity contribution < 1.29 is 40.2 Å². The van der Waals surface area contributed by atoms with Crippen molar-refractivity contribution in [1.29, 1.82) is 0 Å². The van der Waals surface area contributed by atoms with E-state index in [0.29, 0.717) is 42.3 Å². The summed E-state index contributed by atoms with van der Waals surface area (Å²) >= 11 is 0.489. The Morgan fingerprint density at radius 2 is 1.81 bits per heavy atom. The topological polar surface area (TPSA) is 58.4 Å². The van der Waals surface area contributed by atoms with Crippen molar-refractivity contribution in [1.82, 2.24) is 19.4 Å². The fourth-order valence-corrected chi connectivity index (χ4v) is 6.27. The van der Waals surface area contributed by atoms with Gasteiger partial charge in [-0.15, -0.1) is 0 Å². The van der Waals surface area contributed by atoms with Crippen molar-refractivity contribution in [3.63, 3.8) is 0 Å². The van der Waals surface area contributed by atoms with E-state index in [0.717, 1.165) is 42.7 Å². The zero-order chi connectivity index (χ0) is 45.9. The van der Waals surface area contributed by atoms with E-state index < -0.39 is 134 Å². The predicted octanol–water partition coefficient (Wildman–Crippen LogP) is 7.44. The van der Waals surface area contributed by atoms with Crippen LogP contribution in [0, 0.1) is 11.7 Å². The summed E-state index contributed by atoms with van der Waals surface area (Å²) < 4.78 is 168. The maximum atomic E-state index is 14.6. The van der Waals surface area contributed by atoms with Gasteiger partial charge in [-0.3, -0.25) is 9.59 Å². The number of aromatic nitrogens is 2. The molecule has 5 rings (SSSR count). The standard InChI is InChI=1S/C37H44F4N4O2S/c1-4-43(5-2)19-20-44(22-26-9-13-28(14-10-26)29-15-18-32(25(3)21-29)37(39,40)41)34(46)23-45-33-8-6-7-31(33)35(47)42-36(45)48-24-27-11-16-30(38)17-12-27/h9,11-13,15-18,25H,4-8,10,14,19-24H2,1-3H3/i4D2,5D2,9D,10D,13D,14D,15D,18D,21D,24D2. The number of amides is 1. The van der Waals surface area contributed by atoms with Crippen LogP contribution in [0.15, 0.2) is 80.7 Å². The summed E-state index contributed by atoms with van der Waals surface area (Å²) in [6.07, 6.45) is -9.51. The molecule has 1 heterocycles. The van der Waals surface area contributed by atoms with Crippen LogP contribution in [-0.4, -0.2) is 64.1 Å². The van der Waals surface area contributed by atoms with Crippen molar-refractivity contribution in [2.24, 2.45) is 5.92 Å². The Bertz CT molecular complexity index is 2240. The number of nitrogens with zero attached hydrogens (tertiary/aromatic N) is 4. The Labute approximate surface area is 302 Å². The first-order valence-electron chi connectivity index (χ1n) is 22.0. The number of carbonyl (C=O) groups excluding carboxylic acids is 1. The van der Waals surface area contributed by atoms with Gasteiger partial charge in [-0.1, -0.05) is 74.4 Å². The molecule has 0 bridgehead atoms. The van der Waals surface area contributed by atoms with Gasteiger partial charge in [-0.05, 0) is 86.2 Å². The van der Waals surface area contributed by atoms with Crippen LogP contribution in [0.5, 0.6) is 0 Å². The highest BCUT2D eigenvalue weighted by molar-refractivity contribution is 7.98. The molecular weight excluding hydrogens is 640 g/mol. The highest BCUT2D eigenvalue weighted by Crippen LogP contribution is 2.40. The maximum Gasteiger partial charge on any atom is 0.412 e. The normalized spacial score (nSPS) is 28.1. The van der Waals surface area contributed by atoms with E-state index in [9.17, 15) is 27.2 Å². The van der Waals surface area contributed by atoms with E-state index in [4.69, 9.17) is 17.8 Å². The van der Waals surface area contributed by atoms with Crippen molar-refractivity contribution in [3.8, 4) is 0 Å². The average molecular weight is 698 g/mol. The Hall–Kier alpha value is -3.44. The molecule has 3 aliphatic carbocycles. The fraction of sp³-hybridized carbons (Fsp3) is 0.486. The quantitative estimate of drug-likeness (QED) is 0.124. The van der Waals surface area contributed by atoms with Gasteiger partial charge in [0.1, 0.15) is 12.4 Å². The third-order valence-electron chi connectivity index (χ3n) is 8.05. The molecular formula is C37H44F4N4O2S. The summed E-state index contributed by atoms with van der Waals surface area (Å²) in [5.41, 5.74) is -5.10. The van der Waals surface area contributed by atoms with E-state index >= 15 is 0 Å². The molecule has 1 amide bonds. The Kier molecular flexibility index (Phi) is 7.37. The van der Waals surface area contributed by atoms with Gasteiger partial charge in [0.2, 0.25) is 5.91 Å². The van der Waals surface area contributed by atoms with Crippen LogP contribution >= 0.6 is 11.8 Å². The molecule has 6 nitrogen and oxygen atoms in total. The van der Waals surface area contributed by atoms with Crippen LogP contribution in [0.1, 0.15) is 81.0 Å². The van der Waals surface area contributed by atoms with Crippen LogP contribution in [0.3, 0.4) is 0 Å². The zero-order valence-electron chi connectivity index (χ0n) is 39.6. The van der Waals surface area contributed by atoms with Gasteiger partial charge in [0.15, 0.2) is 5.16 Å². The van der Waals surface area contributed by atoms with Gasteiger partial charge < -0.3 is 14.4 Å². The van der Waals surface area contributed by atoms with Gasteiger partial charge in [0.25, 0.3) is 5.56 Å². The number of benzene rings is 1. The van der Waals surface area contributed by atoms with Crippen molar-refractivity contribution in [2.75, 3.05) is 32.6 Å². The summed E-state index contributed by atoms with van der Waals surface area (Å²) in [7, 11) is 0.